The van der Waals surface area contributed by atoms with Crippen LogP contribution >= 0.6 is 0 Å². The molecular formula is C84H162. The number of unbranched alkanes of at least 4 members (excludes halogenated alkanes) is 75. The van der Waals surface area contributed by atoms with Crippen LogP contribution in [-0.4, -0.2) is 0 Å². The van der Waals surface area contributed by atoms with E-state index in [1.807, 2.05) is 0 Å². The van der Waals surface area contributed by atoms with Crippen LogP contribution < -0.4 is 0 Å². The summed E-state index contributed by atoms with van der Waals surface area (Å²) in [5.41, 5.74) is 1.51. The van der Waals surface area contributed by atoms with Crippen LogP contribution in [0.25, 0.3) is 0 Å². The van der Waals surface area contributed by atoms with E-state index in [0.29, 0.717) is 0 Å². The van der Waals surface area contributed by atoms with Gasteiger partial charge in [0.2, 0.25) is 0 Å². The second kappa shape index (κ2) is 76.5. The Morgan fingerprint density at radius 2 is 0.238 bits per heavy atom. The van der Waals surface area contributed by atoms with E-state index in [2.05, 4.69) is 37.3 Å². The Morgan fingerprint density at radius 1 is 0.131 bits per heavy atom. The minimum absolute atomic E-state index is 1.26. The molecule has 0 aromatic heterocycles. The molecule has 0 bridgehead atoms. The zero-order chi connectivity index (χ0) is 59.6. The van der Waals surface area contributed by atoms with E-state index in [-0.39, 0.29) is 0 Å². The highest BCUT2D eigenvalue weighted by atomic mass is 14.1. The van der Waals surface area contributed by atoms with Gasteiger partial charge in [-0.15, -0.1) is 0 Å². The van der Waals surface area contributed by atoms with Crippen molar-refractivity contribution in [2.24, 2.45) is 0 Å². The molecule has 0 saturated heterocycles. The molecule has 0 unspecified atom stereocenters. The Morgan fingerprint density at radius 3 is 0.357 bits per heavy atom. The molecule has 0 nitrogen and oxygen atoms in total. The zero-order valence-electron chi connectivity index (χ0n) is 58.8. The van der Waals surface area contributed by atoms with Gasteiger partial charge in [-0.2, -0.15) is 0 Å². The third-order valence-corrected chi connectivity index (χ3v) is 20.2. The van der Waals surface area contributed by atoms with E-state index in [0.717, 1.165) is 0 Å². The van der Waals surface area contributed by atoms with Crippen molar-refractivity contribution in [2.75, 3.05) is 0 Å². The first-order valence-corrected chi connectivity index (χ1v) is 41.0. The lowest BCUT2D eigenvalue weighted by Crippen LogP contribution is -1.86. The van der Waals surface area contributed by atoms with Gasteiger partial charge in [0, 0.05) is 0 Å². The summed E-state index contributed by atoms with van der Waals surface area (Å²) in [7, 11) is 0. The molecular weight excluding hydrogens is 1010 g/mol. The largest absolute Gasteiger partial charge is 0.0654 e. The average Bonchev–Trinajstić information content (AvgIpc) is 3.51. The van der Waals surface area contributed by atoms with Crippen molar-refractivity contribution in [3.8, 4) is 0 Å². The third kappa shape index (κ3) is 72.0. The van der Waals surface area contributed by atoms with Gasteiger partial charge < -0.3 is 0 Å². The lowest BCUT2D eigenvalue weighted by molar-refractivity contribution is 0.506. The first-order valence-electron chi connectivity index (χ1n) is 41.0. The van der Waals surface area contributed by atoms with Crippen LogP contribution in [0, 0.1) is 0 Å². The number of aryl methyl sites for hydroxylation is 1. The maximum absolute atomic E-state index is 2.32. The van der Waals surface area contributed by atoms with Crippen LogP contribution in [0.1, 0.15) is 500 Å². The molecule has 0 heterocycles. The normalized spacial score (nSPS) is 11.7. The maximum atomic E-state index is 2.32. The average molecular weight is 1170 g/mol. The molecule has 0 aliphatic carbocycles. The van der Waals surface area contributed by atoms with Crippen molar-refractivity contribution < 1.29 is 0 Å². The first kappa shape index (κ1) is 81.2. The summed E-state index contributed by atoms with van der Waals surface area (Å²) in [6.45, 7) is 2.32. The van der Waals surface area contributed by atoms with Gasteiger partial charge in [-0.1, -0.05) is 519 Å². The Hall–Kier alpha value is -0.780. The van der Waals surface area contributed by atoms with Crippen molar-refractivity contribution >= 4 is 0 Å². The van der Waals surface area contributed by atoms with Crippen LogP contribution in [0.4, 0.5) is 0 Å². The van der Waals surface area contributed by atoms with E-state index >= 15 is 0 Å². The van der Waals surface area contributed by atoms with Gasteiger partial charge in [-0.3, -0.25) is 0 Å². The molecule has 0 radical (unpaired) electrons. The molecule has 84 heavy (non-hydrogen) atoms. The lowest BCUT2D eigenvalue weighted by Gasteiger charge is -2.05. The maximum Gasteiger partial charge on any atom is -0.0279 e. The van der Waals surface area contributed by atoms with Gasteiger partial charge in [-0.05, 0) is 18.4 Å². The molecule has 0 heteroatoms. The predicted molar refractivity (Wildman–Crippen MR) is 387 cm³/mol. The van der Waals surface area contributed by atoms with E-state index in [4.69, 9.17) is 0 Å². The van der Waals surface area contributed by atoms with E-state index in [1.54, 1.807) is 0 Å². The fraction of sp³-hybridized carbons (Fsp3) is 0.929. The predicted octanol–water partition coefficient (Wildman–Crippen LogP) is 31.9. The SMILES string of the molecule is CCCCCCCCCCCCCCCCCCCCCCCCCCCCCCCCCCCCCCCCCCCCCCCCCCCCCCCCCCCCCCCCCCCCCCCCCCCCCCc1ccccc1. The monoisotopic (exact) mass is 1170 g/mol. The fourth-order valence-corrected chi connectivity index (χ4v) is 14.1. The number of hydrogen-bond acceptors (Lipinski definition) is 0. The zero-order valence-corrected chi connectivity index (χ0v) is 58.8. The molecule has 498 valence electrons. The van der Waals surface area contributed by atoms with Crippen LogP contribution in [0.2, 0.25) is 0 Å². The number of rotatable bonds is 77. The molecule has 0 amide bonds. The van der Waals surface area contributed by atoms with E-state index in [1.165, 1.54) is 500 Å². The quantitative estimate of drug-likeness (QED) is 0.0570. The summed E-state index contributed by atoms with van der Waals surface area (Å²) in [5.74, 6) is 0. The van der Waals surface area contributed by atoms with Crippen LogP contribution in [0.5, 0.6) is 0 Å². The Balaban J connectivity index is 1.58. The first-order chi connectivity index (χ1) is 41.9. The standard InChI is InChI=1S/C84H162/c1-2-3-4-5-6-7-8-9-10-11-12-13-14-15-16-17-18-19-20-21-22-23-24-25-26-27-28-29-30-31-32-33-34-35-36-37-38-39-40-41-42-43-44-45-46-47-48-49-50-51-52-53-54-55-56-57-58-59-60-61-62-63-64-65-66-67-68-69-70-71-72-73-74-75-76-78-81-84-82-79-77-80-83-84/h77,79-80,82-83H,2-76,78,81H2,1H3. The topological polar surface area (TPSA) is 0 Å². The van der Waals surface area contributed by atoms with Crippen LogP contribution in [0.15, 0.2) is 30.3 Å². The molecule has 0 aliphatic heterocycles. The summed E-state index contributed by atoms with van der Waals surface area (Å²) in [6.07, 6.45) is 114. The second-order valence-corrected chi connectivity index (χ2v) is 28.8. The van der Waals surface area contributed by atoms with Gasteiger partial charge in [-0.25, -0.2) is 0 Å². The fourth-order valence-electron chi connectivity index (χ4n) is 14.1. The Labute approximate surface area is 534 Å². The van der Waals surface area contributed by atoms with Crippen LogP contribution in [-0.2, 0) is 6.42 Å². The highest BCUT2D eigenvalue weighted by Crippen LogP contribution is 2.22. The summed E-state index contributed by atoms with van der Waals surface area (Å²) in [4.78, 5) is 0. The summed E-state index contributed by atoms with van der Waals surface area (Å²) >= 11 is 0. The summed E-state index contributed by atoms with van der Waals surface area (Å²) < 4.78 is 0. The van der Waals surface area contributed by atoms with Crippen molar-refractivity contribution in [3.05, 3.63) is 35.9 Å². The van der Waals surface area contributed by atoms with Crippen LogP contribution in [0.3, 0.4) is 0 Å². The van der Waals surface area contributed by atoms with Gasteiger partial charge in [0.05, 0.1) is 0 Å². The van der Waals surface area contributed by atoms with Gasteiger partial charge in [0.15, 0.2) is 0 Å². The Bertz CT molecular complexity index is 1230. The minimum Gasteiger partial charge on any atom is -0.0654 e. The molecule has 0 fully saturated rings. The van der Waals surface area contributed by atoms with Gasteiger partial charge >= 0.3 is 0 Å². The Kier molecular flexibility index (Phi) is 73.9. The van der Waals surface area contributed by atoms with Crippen molar-refractivity contribution in [1.82, 2.24) is 0 Å². The molecule has 0 N–H and O–H groups in total. The van der Waals surface area contributed by atoms with Gasteiger partial charge in [0.1, 0.15) is 0 Å². The third-order valence-electron chi connectivity index (χ3n) is 20.2. The molecule has 1 aromatic carbocycles. The highest BCUT2D eigenvalue weighted by Gasteiger charge is 2.02. The number of hydrogen-bond donors (Lipinski definition) is 0. The van der Waals surface area contributed by atoms with Crippen molar-refractivity contribution in [3.63, 3.8) is 0 Å². The molecule has 1 rings (SSSR count). The summed E-state index contributed by atoms with van der Waals surface area (Å²) in [5, 5.41) is 0. The van der Waals surface area contributed by atoms with Crippen molar-refractivity contribution in [1.29, 1.82) is 0 Å². The second-order valence-electron chi connectivity index (χ2n) is 28.8. The lowest BCUT2D eigenvalue weighted by atomic mass is 10.0. The minimum atomic E-state index is 1.26. The molecule has 1 aromatic rings. The highest BCUT2D eigenvalue weighted by molar-refractivity contribution is 5.14. The molecule has 0 aliphatic rings. The smallest absolute Gasteiger partial charge is 0.0279 e. The molecule has 0 spiro atoms. The van der Waals surface area contributed by atoms with Crippen molar-refractivity contribution in [2.45, 2.75) is 501 Å². The number of benzene rings is 1. The molecule has 0 saturated carbocycles. The molecule has 0 atom stereocenters. The van der Waals surface area contributed by atoms with E-state index in [9.17, 15) is 0 Å². The summed E-state index contributed by atoms with van der Waals surface area (Å²) in [6, 6.07) is 11.0. The van der Waals surface area contributed by atoms with Gasteiger partial charge in [0.25, 0.3) is 0 Å². The van der Waals surface area contributed by atoms with E-state index < -0.39 is 0 Å².